The van der Waals surface area contributed by atoms with Gasteiger partial charge in [-0.3, -0.25) is 9.69 Å². The Morgan fingerprint density at radius 1 is 1.03 bits per heavy atom. The lowest BCUT2D eigenvalue weighted by Crippen LogP contribution is -2.49. The van der Waals surface area contributed by atoms with Crippen molar-refractivity contribution in [1.82, 2.24) is 9.80 Å². The fourth-order valence-electron chi connectivity index (χ4n) is 4.28. The number of carbonyl (C=O) groups is 1. The molecule has 6 nitrogen and oxygen atoms in total. The van der Waals surface area contributed by atoms with E-state index in [0.717, 1.165) is 23.3 Å². The minimum absolute atomic E-state index is 0.0351. The Hall–Kier alpha value is -2.38. The van der Waals surface area contributed by atoms with Crippen LogP contribution in [-0.2, 0) is 27.6 Å². The van der Waals surface area contributed by atoms with Crippen LogP contribution < -0.4 is 4.74 Å². The zero-order valence-electron chi connectivity index (χ0n) is 17.3. The molecule has 7 heteroatoms. The van der Waals surface area contributed by atoms with E-state index in [0.29, 0.717) is 32.8 Å². The third-order valence-corrected chi connectivity index (χ3v) is 7.52. The zero-order chi connectivity index (χ0) is 21.1. The number of nitrogens with zero attached hydrogens (tertiary/aromatic N) is 2. The number of hydrogen-bond acceptors (Lipinski definition) is 5. The number of rotatable bonds is 5. The average Bonchev–Trinajstić information content (AvgIpc) is 2.75. The van der Waals surface area contributed by atoms with E-state index in [1.165, 1.54) is 5.56 Å². The number of ether oxygens (including phenoxy) is 1. The van der Waals surface area contributed by atoms with E-state index in [4.69, 9.17) is 4.74 Å². The molecule has 1 atom stereocenters. The minimum atomic E-state index is -3.01. The molecule has 1 unspecified atom stereocenters. The van der Waals surface area contributed by atoms with Gasteiger partial charge in [0.25, 0.3) is 0 Å². The smallest absolute Gasteiger partial charge is 0.244 e. The number of sulfone groups is 1. The lowest BCUT2D eigenvalue weighted by molar-refractivity contribution is -0.138. The van der Waals surface area contributed by atoms with Crippen LogP contribution in [-0.4, -0.2) is 61.9 Å². The van der Waals surface area contributed by atoms with Gasteiger partial charge in [-0.15, -0.1) is 0 Å². The standard InChI is InChI=1S/C23H28N2O4S/c1-2-29-21-9-8-18-10-11-25(17-20(18)16-21)23(26)22(19-6-4-3-5-7-19)24-12-14-30(27,28)15-13-24/h3-9,16,22H,2,10-15,17H2,1H3. The van der Waals surface area contributed by atoms with E-state index in [2.05, 4.69) is 6.07 Å². The number of fused-ring (bicyclic) bond motifs is 1. The van der Waals surface area contributed by atoms with Crippen molar-refractivity contribution in [2.75, 3.05) is 37.7 Å². The molecule has 0 bridgehead atoms. The first-order valence-electron chi connectivity index (χ1n) is 10.5. The van der Waals surface area contributed by atoms with Gasteiger partial charge >= 0.3 is 0 Å². The number of amides is 1. The Bertz CT molecular complexity index is 993. The van der Waals surface area contributed by atoms with Gasteiger partial charge in [-0.05, 0) is 42.2 Å². The predicted octanol–water partition coefficient (Wildman–Crippen LogP) is 2.44. The van der Waals surface area contributed by atoms with Crippen LogP contribution in [0.4, 0.5) is 0 Å². The van der Waals surface area contributed by atoms with Gasteiger partial charge in [-0.2, -0.15) is 0 Å². The second-order valence-electron chi connectivity index (χ2n) is 7.87. The molecule has 0 aromatic heterocycles. The molecule has 1 saturated heterocycles. The third kappa shape index (κ3) is 4.52. The predicted molar refractivity (Wildman–Crippen MR) is 116 cm³/mol. The average molecular weight is 429 g/mol. The van der Waals surface area contributed by atoms with Crippen LogP contribution in [0.2, 0.25) is 0 Å². The van der Waals surface area contributed by atoms with Crippen LogP contribution in [0.5, 0.6) is 5.75 Å². The maximum absolute atomic E-state index is 13.7. The fourth-order valence-corrected chi connectivity index (χ4v) is 5.51. The molecule has 2 aliphatic heterocycles. The summed E-state index contributed by atoms with van der Waals surface area (Å²) >= 11 is 0. The highest BCUT2D eigenvalue weighted by atomic mass is 32.2. The van der Waals surface area contributed by atoms with Crippen molar-refractivity contribution in [2.24, 2.45) is 0 Å². The van der Waals surface area contributed by atoms with Gasteiger partial charge in [0.1, 0.15) is 11.8 Å². The number of benzene rings is 2. The van der Waals surface area contributed by atoms with Crippen LogP contribution in [0.3, 0.4) is 0 Å². The normalized spacial score (nSPS) is 19.7. The molecule has 4 rings (SSSR count). The molecule has 0 saturated carbocycles. The van der Waals surface area contributed by atoms with Gasteiger partial charge in [0, 0.05) is 26.2 Å². The molecular weight excluding hydrogens is 400 g/mol. The second-order valence-corrected chi connectivity index (χ2v) is 10.2. The van der Waals surface area contributed by atoms with E-state index in [1.54, 1.807) is 0 Å². The largest absolute Gasteiger partial charge is 0.494 e. The van der Waals surface area contributed by atoms with Crippen molar-refractivity contribution in [3.05, 3.63) is 65.2 Å². The van der Waals surface area contributed by atoms with E-state index in [9.17, 15) is 13.2 Å². The highest BCUT2D eigenvalue weighted by molar-refractivity contribution is 7.91. The van der Waals surface area contributed by atoms with Gasteiger partial charge in [-0.25, -0.2) is 8.42 Å². The first-order chi connectivity index (χ1) is 14.5. The van der Waals surface area contributed by atoms with Crippen molar-refractivity contribution < 1.29 is 17.9 Å². The number of carbonyl (C=O) groups excluding carboxylic acids is 1. The number of hydrogen-bond donors (Lipinski definition) is 0. The van der Waals surface area contributed by atoms with Crippen molar-refractivity contribution in [3.63, 3.8) is 0 Å². The van der Waals surface area contributed by atoms with Gasteiger partial charge in [0.05, 0.1) is 18.1 Å². The molecule has 2 aromatic rings. The van der Waals surface area contributed by atoms with E-state index < -0.39 is 15.9 Å². The van der Waals surface area contributed by atoms with E-state index in [1.807, 2.05) is 59.2 Å². The Labute approximate surface area is 178 Å². The van der Waals surface area contributed by atoms with Crippen LogP contribution in [0, 0.1) is 0 Å². The summed E-state index contributed by atoms with van der Waals surface area (Å²) < 4.78 is 29.5. The fraction of sp³-hybridized carbons (Fsp3) is 0.435. The van der Waals surface area contributed by atoms with Gasteiger partial charge in [0.2, 0.25) is 5.91 Å². The summed E-state index contributed by atoms with van der Waals surface area (Å²) in [6.07, 6.45) is 0.809. The van der Waals surface area contributed by atoms with Gasteiger partial charge in [-0.1, -0.05) is 36.4 Å². The maximum Gasteiger partial charge on any atom is 0.244 e. The quantitative estimate of drug-likeness (QED) is 0.732. The topological polar surface area (TPSA) is 66.9 Å². The lowest BCUT2D eigenvalue weighted by Gasteiger charge is -2.38. The monoisotopic (exact) mass is 428 g/mol. The highest BCUT2D eigenvalue weighted by Gasteiger charge is 2.35. The summed E-state index contributed by atoms with van der Waals surface area (Å²) in [5.41, 5.74) is 3.28. The second kappa shape index (κ2) is 8.78. The first kappa shape index (κ1) is 20.9. The molecule has 0 spiro atoms. The molecule has 0 radical (unpaired) electrons. The zero-order valence-corrected chi connectivity index (χ0v) is 18.1. The third-order valence-electron chi connectivity index (χ3n) is 5.91. The van der Waals surface area contributed by atoms with Crippen molar-refractivity contribution in [3.8, 4) is 5.75 Å². The molecule has 0 aliphatic carbocycles. The van der Waals surface area contributed by atoms with Crippen molar-refractivity contribution >= 4 is 15.7 Å². The molecule has 2 heterocycles. The van der Waals surface area contributed by atoms with Crippen LogP contribution in [0.15, 0.2) is 48.5 Å². The molecule has 0 N–H and O–H groups in total. The first-order valence-corrected chi connectivity index (χ1v) is 12.3. The molecule has 2 aliphatic rings. The molecule has 1 fully saturated rings. The summed E-state index contributed by atoms with van der Waals surface area (Å²) in [6, 6.07) is 15.3. The molecule has 30 heavy (non-hydrogen) atoms. The van der Waals surface area contributed by atoms with Crippen LogP contribution in [0.25, 0.3) is 0 Å². The summed E-state index contributed by atoms with van der Waals surface area (Å²) in [7, 11) is -3.01. The molecule has 2 aromatic carbocycles. The van der Waals surface area contributed by atoms with Crippen LogP contribution in [0.1, 0.15) is 29.7 Å². The molecule has 160 valence electrons. The van der Waals surface area contributed by atoms with Gasteiger partial charge < -0.3 is 9.64 Å². The Balaban J connectivity index is 1.58. The van der Waals surface area contributed by atoms with Crippen LogP contribution >= 0.6 is 0 Å². The minimum Gasteiger partial charge on any atom is -0.494 e. The van der Waals surface area contributed by atoms with E-state index >= 15 is 0 Å². The summed E-state index contributed by atoms with van der Waals surface area (Å²) in [5, 5.41) is 0. The van der Waals surface area contributed by atoms with Gasteiger partial charge in [0.15, 0.2) is 9.84 Å². The summed E-state index contributed by atoms with van der Waals surface area (Å²) in [6.45, 7) is 4.53. The molecular formula is C23H28N2O4S. The lowest BCUT2D eigenvalue weighted by atomic mass is 9.97. The maximum atomic E-state index is 13.7. The SMILES string of the molecule is CCOc1ccc2c(c1)CN(C(=O)C(c1ccccc1)N1CCS(=O)(=O)CC1)CC2. The Morgan fingerprint density at radius 2 is 1.77 bits per heavy atom. The highest BCUT2D eigenvalue weighted by Crippen LogP contribution is 2.29. The summed E-state index contributed by atoms with van der Waals surface area (Å²) in [4.78, 5) is 17.6. The Morgan fingerprint density at radius 3 is 2.47 bits per heavy atom. The Kier molecular flexibility index (Phi) is 6.11. The molecule has 1 amide bonds. The van der Waals surface area contributed by atoms with Crippen molar-refractivity contribution in [1.29, 1.82) is 0 Å². The van der Waals surface area contributed by atoms with Crippen molar-refractivity contribution in [2.45, 2.75) is 25.9 Å². The van der Waals surface area contributed by atoms with E-state index in [-0.39, 0.29) is 17.4 Å². The summed E-state index contributed by atoms with van der Waals surface area (Å²) in [5.74, 6) is 1.06.